The van der Waals surface area contributed by atoms with E-state index in [1.165, 1.54) is 11.1 Å². The summed E-state index contributed by atoms with van der Waals surface area (Å²) >= 11 is 0. The Morgan fingerprint density at radius 2 is 1.93 bits per heavy atom. The summed E-state index contributed by atoms with van der Waals surface area (Å²) < 4.78 is 0. The number of hydrogen-bond acceptors (Lipinski definition) is 2. The highest BCUT2D eigenvalue weighted by atomic mass is 16.1. The SMILES string of the molecule is CC[C@@H](CNC(=O)Cc1c[nH]c2ccccc12)N1CCc2ccccc2C1. The highest BCUT2D eigenvalue weighted by molar-refractivity contribution is 5.88. The summed E-state index contributed by atoms with van der Waals surface area (Å²) in [7, 11) is 0. The maximum atomic E-state index is 12.5. The summed E-state index contributed by atoms with van der Waals surface area (Å²) in [5.41, 5.74) is 5.03. The van der Waals surface area contributed by atoms with Gasteiger partial charge in [0.1, 0.15) is 0 Å². The Balaban J connectivity index is 1.35. The van der Waals surface area contributed by atoms with E-state index in [4.69, 9.17) is 0 Å². The normalized spacial score (nSPS) is 15.4. The molecular weight excluding hydrogens is 334 g/mol. The van der Waals surface area contributed by atoms with Gasteiger partial charge in [0, 0.05) is 42.8 Å². The molecule has 2 N–H and O–H groups in total. The summed E-state index contributed by atoms with van der Waals surface area (Å²) in [5, 5.41) is 4.30. The summed E-state index contributed by atoms with van der Waals surface area (Å²) in [4.78, 5) is 18.3. The van der Waals surface area contributed by atoms with Crippen molar-refractivity contribution >= 4 is 16.8 Å². The second-order valence-electron chi connectivity index (χ2n) is 7.39. The van der Waals surface area contributed by atoms with Gasteiger partial charge in [0.2, 0.25) is 5.91 Å². The number of H-pyrrole nitrogens is 1. The Kier molecular flexibility index (Phi) is 5.26. The topological polar surface area (TPSA) is 48.1 Å². The van der Waals surface area contributed by atoms with Crippen molar-refractivity contribution in [2.45, 2.75) is 38.8 Å². The van der Waals surface area contributed by atoms with E-state index in [0.29, 0.717) is 19.0 Å². The quantitative estimate of drug-likeness (QED) is 0.704. The van der Waals surface area contributed by atoms with Gasteiger partial charge >= 0.3 is 0 Å². The van der Waals surface area contributed by atoms with Gasteiger partial charge < -0.3 is 10.3 Å². The molecule has 0 bridgehead atoms. The van der Waals surface area contributed by atoms with Crippen molar-refractivity contribution in [1.29, 1.82) is 0 Å². The first-order valence-electron chi connectivity index (χ1n) is 9.87. The number of para-hydroxylation sites is 1. The molecule has 1 atom stereocenters. The molecule has 2 heterocycles. The molecule has 0 radical (unpaired) electrons. The highest BCUT2D eigenvalue weighted by Gasteiger charge is 2.22. The molecule has 0 aliphatic carbocycles. The third kappa shape index (κ3) is 3.91. The first-order valence-corrected chi connectivity index (χ1v) is 9.87. The van der Waals surface area contributed by atoms with Crippen LogP contribution in [0.3, 0.4) is 0 Å². The van der Waals surface area contributed by atoms with Crippen LogP contribution in [0.25, 0.3) is 10.9 Å². The Morgan fingerprint density at radius 1 is 1.15 bits per heavy atom. The Bertz CT molecular complexity index is 930. The van der Waals surface area contributed by atoms with Crippen molar-refractivity contribution < 1.29 is 4.79 Å². The average molecular weight is 361 g/mol. The van der Waals surface area contributed by atoms with Crippen LogP contribution in [-0.2, 0) is 24.2 Å². The molecular formula is C23H27N3O. The van der Waals surface area contributed by atoms with Gasteiger partial charge in [0.05, 0.1) is 6.42 Å². The van der Waals surface area contributed by atoms with Crippen LogP contribution in [0.4, 0.5) is 0 Å². The third-order valence-electron chi connectivity index (χ3n) is 5.71. The van der Waals surface area contributed by atoms with E-state index in [1.54, 1.807) is 0 Å². The molecule has 0 unspecified atom stereocenters. The molecule has 4 nitrogen and oxygen atoms in total. The van der Waals surface area contributed by atoms with Gasteiger partial charge in [-0.1, -0.05) is 49.4 Å². The monoisotopic (exact) mass is 361 g/mol. The van der Waals surface area contributed by atoms with E-state index in [9.17, 15) is 4.79 Å². The molecule has 140 valence electrons. The molecule has 0 spiro atoms. The van der Waals surface area contributed by atoms with E-state index < -0.39 is 0 Å². The number of amides is 1. The number of carbonyl (C=O) groups excluding carboxylic acids is 1. The lowest BCUT2D eigenvalue weighted by Gasteiger charge is -2.35. The number of rotatable bonds is 6. The van der Waals surface area contributed by atoms with Gasteiger partial charge in [-0.2, -0.15) is 0 Å². The van der Waals surface area contributed by atoms with Gasteiger partial charge in [-0.05, 0) is 35.6 Å². The summed E-state index contributed by atoms with van der Waals surface area (Å²) in [6, 6.07) is 17.2. The second kappa shape index (κ2) is 7.97. The smallest absolute Gasteiger partial charge is 0.224 e. The first kappa shape index (κ1) is 17.8. The molecule has 4 heteroatoms. The first-order chi connectivity index (χ1) is 13.2. The Morgan fingerprint density at radius 3 is 2.78 bits per heavy atom. The van der Waals surface area contributed by atoms with Crippen molar-refractivity contribution in [2.24, 2.45) is 0 Å². The van der Waals surface area contributed by atoms with Crippen molar-refractivity contribution in [2.75, 3.05) is 13.1 Å². The number of aromatic amines is 1. The van der Waals surface area contributed by atoms with Crippen LogP contribution in [0.5, 0.6) is 0 Å². The summed E-state index contributed by atoms with van der Waals surface area (Å²) in [5.74, 6) is 0.0932. The minimum absolute atomic E-state index is 0.0932. The van der Waals surface area contributed by atoms with Gasteiger partial charge in [-0.15, -0.1) is 0 Å². The van der Waals surface area contributed by atoms with Crippen LogP contribution >= 0.6 is 0 Å². The fraction of sp³-hybridized carbons (Fsp3) is 0.348. The van der Waals surface area contributed by atoms with Crippen LogP contribution in [-0.4, -0.2) is 34.9 Å². The zero-order chi connectivity index (χ0) is 18.6. The number of fused-ring (bicyclic) bond motifs is 2. The molecule has 1 aliphatic heterocycles. The number of nitrogens with zero attached hydrogens (tertiary/aromatic N) is 1. The maximum absolute atomic E-state index is 12.5. The fourth-order valence-electron chi connectivity index (χ4n) is 4.11. The Hall–Kier alpha value is -2.59. The molecule has 3 aromatic rings. The largest absolute Gasteiger partial charge is 0.361 e. The number of nitrogens with one attached hydrogen (secondary N) is 2. The maximum Gasteiger partial charge on any atom is 0.224 e. The van der Waals surface area contributed by atoms with E-state index in [0.717, 1.165) is 42.4 Å². The van der Waals surface area contributed by atoms with Gasteiger partial charge in [0.25, 0.3) is 0 Å². The number of carbonyl (C=O) groups is 1. The Labute approximate surface area is 160 Å². The molecule has 1 aliphatic rings. The lowest BCUT2D eigenvalue weighted by atomic mass is 9.98. The van der Waals surface area contributed by atoms with Crippen LogP contribution < -0.4 is 5.32 Å². The zero-order valence-corrected chi connectivity index (χ0v) is 15.9. The third-order valence-corrected chi connectivity index (χ3v) is 5.71. The summed E-state index contributed by atoms with van der Waals surface area (Å²) in [6.45, 7) is 4.96. The number of hydrogen-bond donors (Lipinski definition) is 2. The average Bonchev–Trinajstić information content (AvgIpc) is 3.11. The number of aromatic nitrogens is 1. The molecule has 0 saturated carbocycles. The fourth-order valence-corrected chi connectivity index (χ4v) is 4.11. The van der Waals surface area contributed by atoms with Crippen molar-refractivity contribution in [3.8, 4) is 0 Å². The van der Waals surface area contributed by atoms with Gasteiger partial charge in [-0.25, -0.2) is 0 Å². The van der Waals surface area contributed by atoms with E-state index in [2.05, 4.69) is 52.5 Å². The molecule has 27 heavy (non-hydrogen) atoms. The van der Waals surface area contributed by atoms with E-state index >= 15 is 0 Å². The zero-order valence-electron chi connectivity index (χ0n) is 15.9. The highest BCUT2D eigenvalue weighted by Crippen LogP contribution is 2.21. The van der Waals surface area contributed by atoms with E-state index in [1.807, 2.05) is 24.4 Å². The number of benzene rings is 2. The standard InChI is InChI=1S/C23H27N3O/c1-2-20(26-12-11-17-7-3-4-8-18(17)16-26)15-25-23(27)13-19-14-24-22-10-6-5-9-21(19)22/h3-10,14,20,24H,2,11-13,15-16H2,1H3,(H,25,27)/t20-/m0/s1. The molecule has 0 fully saturated rings. The lowest BCUT2D eigenvalue weighted by molar-refractivity contribution is -0.120. The van der Waals surface area contributed by atoms with Crippen molar-refractivity contribution in [3.63, 3.8) is 0 Å². The van der Waals surface area contributed by atoms with Crippen molar-refractivity contribution in [1.82, 2.24) is 15.2 Å². The van der Waals surface area contributed by atoms with Crippen LogP contribution in [0.1, 0.15) is 30.0 Å². The minimum Gasteiger partial charge on any atom is -0.361 e. The van der Waals surface area contributed by atoms with Crippen LogP contribution in [0, 0.1) is 0 Å². The van der Waals surface area contributed by atoms with Crippen LogP contribution in [0.2, 0.25) is 0 Å². The van der Waals surface area contributed by atoms with Gasteiger partial charge in [0.15, 0.2) is 0 Å². The molecule has 0 saturated heterocycles. The predicted molar refractivity (Wildman–Crippen MR) is 110 cm³/mol. The van der Waals surface area contributed by atoms with Crippen LogP contribution in [0.15, 0.2) is 54.7 Å². The predicted octanol–water partition coefficient (Wildman–Crippen LogP) is 3.66. The van der Waals surface area contributed by atoms with Crippen molar-refractivity contribution in [3.05, 3.63) is 71.4 Å². The molecule has 1 aromatic heterocycles. The molecule has 2 aromatic carbocycles. The van der Waals surface area contributed by atoms with E-state index in [-0.39, 0.29) is 5.91 Å². The van der Waals surface area contributed by atoms with Gasteiger partial charge in [-0.3, -0.25) is 9.69 Å². The second-order valence-corrected chi connectivity index (χ2v) is 7.39. The molecule has 1 amide bonds. The summed E-state index contributed by atoms with van der Waals surface area (Å²) in [6.07, 6.45) is 4.50. The lowest BCUT2D eigenvalue weighted by Crippen LogP contribution is -2.46. The molecule has 4 rings (SSSR count). The minimum atomic E-state index is 0.0932.